The number of Topliss-reactive ketones (excluding diaryl/α,β-unsaturated/α-hetero) is 1. The summed E-state index contributed by atoms with van der Waals surface area (Å²) in [5, 5.41) is 11.0. The molecule has 8 heteroatoms. The molecule has 1 atom stereocenters. The lowest BCUT2D eigenvalue weighted by molar-refractivity contribution is -0.137. The molecule has 34 heavy (non-hydrogen) atoms. The Bertz CT molecular complexity index is 1270. The van der Waals surface area contributed by atoms with E-state index >= 15 is 0 Å². The molecule has 3 aromatic rings. The summed E-state index contributed by atoms with van der Waals surface area (Å²) in [5.41, 5.74) is 0.413. The van der Waals surface area contributed by atoms with Crippen LogP contribution in [-0.4, -0.2) is 30.9 Å². The van der Waals surface area contributed by atoms with E-state index in [0.29, 0.717) is 11.1 Å². The molecule has 0 spiro atoms. The van der Waals surface area contributed by atoms with Gasteiger partial charge in [0.2, 0.25) is 0 Å². The van der Waals surface area contributed by atoms with Gasteiger partial charge in [0, 0.05) is 31.0 Å². The summed E-state index contributed by atoms with van der Waals surface area (Å²) < 4.78 is 40.1. The van der Waals surface area contributed by atoms with Crippen LogP contribution >= 0.6 is 0 Å². The molecule has 0 radical (unpaired) electrons. The minimum atomic E-state index is -4.63. The summed E-state index contributed by atoms with van der Waals surface area (Å²) in [7, 11) is 3.69. The molecule has 1 aliphatic rings. The second-order valence-corrected chi connectivity index (χ2v) is 8.07. The highest BCUT2D eigenvalue weighted by atomic mass is 19.4. The highest BCUT2D eigenvalue weighted by Gasteiger charge is 2.47. The van der Waals surface area contributed by atoms with Gasteiger partial charge in [-0.1, -0.05) is 48.5 Å². The fourth-order valence-electron chi connectivity index (χ4n) is 3.95. The van der Waals surface area contributed by atoms with Crippen molar-refractivity contribution in [2.45, 2.75) is 12.2 Å². The van der Waals surface area contributed by atoms with Crippen LogP contribution in [0.1, 0.15) is 22.7 Å². The molecular weight excluding hydrogens is 445 g/mol. The molecule has 4 rings (SSSR count). The maximum absolute atomic E-state index is 13.4. The standard InChI is InChI=1S/C26H21F3N2O3/c1-30(2)19-13-11-16(12-14-19)22-21(23(32)17-7-4-3-5-8-17)24(33)25(34)31(22)20-10-6-9-18(15-20)26(27,28)29/h3-15,22,32H,1-2H3/b23-21+. The van der Waals surface area contributed by atoms with Crippen LogP contribution in [0.5, 0.6) is 0 Å². The molecule has 174 valence electrons. The predicted molar refractivity (Wildman–Crippen MR) is 123 cm³/mol. The summed E-state index contributed by atoms with van der Waals surface area (Å²) >= 11 is 0. The van der Waals surface area contributed by atoms with E-state index in [9.17, 15) is 27.9 Å². The Morgan fingerprint density at radius 2 is 1.56 bits per heavy atom. The Morgan fingerprint density at radius 3 is 2.15 bits per heavy atom. The zero-order valence-corrected chi connectivity index (χ0v) is 18.4. The van der Waals surface area contributed by atoms with Crippen molar-refractivity contribution in [2.75, 3.05) is 23.9 Å². The third-order valence-corrected chi connectivity index (χ3v) is 5.67. The van der Waals surface area contributed by atoms with Gasteiger partial charge in [-0.2, -0.15) is 13.2 Å². The average Bonchev–Trinajstić information content (AvgIpc) is 3.09. The fourth-order valence-corrected chi connectivity index (χ4v) is 3.95. The molecule has 1 amide bonds. The number of carbonyl (C=O) groups is 2. The number of aliphatic hydroxyl groups excluding tert-OH is 1. The van der Waals surface area contributed by atoms with Gasteiger partial charge in [-0.3, -0.25) is 14.5 Å². The van der Waals surface area contributed by atoms with Crippen LogP contribution in [0.4, 0.5) is 24.5 Å². The smallest absolute Gasteiger partial charge is 0.416 e. The number of hydrogen-bond donors (Lipinski definition) is 1. The Morgan fingerprint density at radius 1 is 0.912 bits per heavy atom. The Labute approximate surface area is 194 Å². The first-order valence-electron chi connectivity index (χ1n) is 10.4. The number of hydrogen-bond acceptors (Lipinski definition) is 4. The van der Waals surface area contributed by atoms with Gasteiger partial charge in [0.1, 0.15) is 5.76 Å². The number of rotatable bonds is 4. The Kier molecular flexibility index (Phi) is 5.91. The van der Waals surface area contributed by atoms with Crippen LogP contribution in [0, 0.1) is 0 Å². The number of anilines is 2. The van der Waals surface area contributed by atoms with Crippen LogP contribution in [0.3, 0.4) is 0 Å². The first-order valence-corrected chi connectivity index (χ1v) is 10.4. The van der Waals surface area contributed by atoms with Crippen molar-refractivity contribution in [3.8, 4) is 0 Å². The monoisotopic (exact) mass is 466 g/mol. The molecule has 0 bridgehead atoms. The molecule has 1 N–H and O–H groups in total. The lowest BCUT2D eigenvalue weighted by Gasteiger charge is -2.26. The van der Waals surface area contributed by atoms with Gasteiger partial charge in [-0.05, 0) is 35.9 Å². The number of carbonyl (C=O) groups excluding carboxylic acids is 2. The van der Waals surface area contributed by atoms with Crippen molar-refractivity contribution >= 4 is 28.8 Å². The molecule has 1 saturated heterocycles. The topological polar surface area (TPSA) is 60.9 Å². The van der Waals surface area contributed by atoms with Crippen LogP contribution in [0.25, 0.3) is 5.76 Å². The van der Waals surface area contributed by atoms with Crippen molar-refractivity contribution < 1.29 is 27.9 Å². The van der Waals surface area contributed by atoms with E-state index in [-0.39, 0.29) is 11.3 Å². The number of alkyl halides is 3. The van der Waals surface area contributed by atoms with E-state index in [1.165, 1.54) is 12.1 Å². The molecular formula is C26H21F3N2O3. The van der Waals surface area contributed by atoms with Crippen molar-refractivity contribution in [1.82, 2.24) is 0 Å². The molecule has 0 aromatic heterocycles. The minimum absolute atomic E-state index is 0.0919. The molecule has 5 nitrogen and oxygen atoms in total. The first kappa shape index (κ1) is 23.1. The number of ketones is 1. The molecule has 1 fully saturated rings. The van der Waals surface area contributed by atoms with E-state index in [2.05, 4.69) is 0 Å². The molecule has 0 saturated carbocycles. The van der Waals surface area contributed by atoms with Crippen molar-refractivity contribution in [1.29, 1.82) is 0 Å². The molecule has 1 heterocycles. The maximum atomic E-state index is 13.4. The summed E-state index contributed by atoms with van der Waals surface area (Å²) in [4.78, 5) is 29.1. The summed E-state index contributed by atoms with van der Waals surface area (Å²) in [6.45, 7) is 0. The Hall–Kier alpha value is -4.07. The second kappa shape index (κ2) is 8.70. The number of benzene rings is 3. The minimum Gasteiger partial charge on any atom is -0.507 e. The lowest BCUT2D eigenvalue weighted by atomic mass is 9.95. The predicted octanol–water partition coefficient (Wildman–Crippen LogP) is 5.40. The average molecular weight is 466 g/mol. The van der Waals surface area contributed by atoms with Crippen LogP contribution in [0.2, 0.25) is 0 Å². The van der Waals surface area contributed by atoms with E-state index in [1.807, 2.05) is 19.0 Å². The largest absolute Gasteiger partial charge is 0.507 e. The van der Waals surface area contributed by atoms with Crippen LogP contribution < -0.4 is 9.80 Å². The summed E-state index contributed by atoms with van der Waals surface area (Å²) in [6, 6.07) is 18.3. The third kappa shape index (κ3) is 4.14. The second-order valence-electron chi connectivity index (χ2n) is 8.07. The number of nitrogens with zero attached hydrogens (tertiary/aromatic N) is 2. The van der Waals surface area contributed by atoms with E-state index in [0.717, 1.165) is 22.7 Å². The molecule has 0 aliphatic carbocycles. The first-order chi connectivity index (χ1) is 16.1. The molecule has 1 aliphatic heterocycles. The number of aliphatic hydroxyl groups is 1. The third-order valence-electron chi connectivity index (χ3n) is 5.67. The van der Waals surface area contributed by atoms with Crippen LogP contribution in [0.15, 0.2) is 84.4 Å². The highest BCUT2D eigenvalue weighted by molar-refractivity contribution is 6.51. The van der Waals surface area contributed by atoms with Gasteiger partial charge in [0.15, 0.2) is 0 Å². The molecule has 1 unspecified atom stereocenters. The van der Waals surface area contributed by atoms with Gasteiger partial charge in [0.25, 0.3) is 11.7 Å². The van der Waals surface area contributed by atoms with Crippen LogP contribution in [-0.2, 0) is 15.8 Å². The number of amides is 1. The van der Waals surface area contributed by atoms with Gasteiger partial charge in [-0.25, -0.2) is 0 Å². The normalized spacial score (nSPS) is 17.8. The number of halogens is 3. The van der Waals surface area contributed by atoms with E-state index < -0.39 is 35.2 Å². The quantitative estimate of drug-likeness (QED) is 0.318. The van der Waals surface area contributed by atoms with Gasteiger partial charge in [-0.15, -0.1) is 0 Å². The maximum Gasteiger partial charge on any atom is 0.416 e. The van der Waals surface area contributed by atoms with E-state index in [1.54, 1.807) is 54.6 Å². The fraction of sp³-hybridized carbons (Fsp3) is 0.154. The van der Waals surface area contributed by atoms with Gasteiger partial charge >= 0.3 is 6.18 Å². The SMILES string of the molecule is CN(C)c1ccc(C2/C(=C(\O)c3ccccc3)C(=O)C(=O)N2c2cccc(C(F)(F)F)c2)cc1. The van der Waals surface area contributed by atoms with Crippen molar-refractivity contribution in [2.24, 2.45) is 0 Å². The Balaban J connectivity index is 1.93. The highest BCUT2D eigenvalue weighted by Crippen LogP contribution is 2.43. The van der Waals surface area contributed by atoms with Gasteiger partial charge in [0.05, 0.1) is 17.2 Å². The summed E-state index contributed by atoms with van der Waals surface area (Å²) in [5.74, 6) is -2.38. The zero-order valence-electron chi connectivity index (χ0n) is 18.4. The van der Waals surface area contributed by atoms with E-state index in [4.69, 9.17) is 0 Å². The lowest BCUT2D eigenvalue weighted by Crippen LogP contribution is -2.29. The van der Waals surface area contributed by atoms with Crippen molar-refractivity contribution in [3.05, 3.63) is 101 Å². The van der Waals surface area contributed by atoms with Gasteiger partial charge < -0.3 is 10.0 Å². The zero-order chi connectivity index (χ0) is 24.6. The van der Waals surface area contributed by atoms with Crippen molar-refractivity contribution in [3.63, 3.8) is 0 Å². The summed E-state index contributed by atoms with van der Waals surface area (Å²) in [6.07, 6.45) is -4.63. The molecule has 3 aromatic carbocycles.